The summed E-state index contributed by atoms with van der Waals surface area (Å²) in [4.78, 5) is 16.5. The highest BCUT2D eigenvalue weighted by Crippen LogP contribution is 2.35. The lowest BCUT2D eigenvalue weighted by atomic mass is 9.88. The summed E-state index contributed by atoms with van der Waals surface area (Å²) in [7, 11) is 0. The van der Waals surface area contributed by atoms with Crippen LogP contribution >= 0.6 is 23.2 Å². The summed E-state index contributed by atoms with van der Waals surface area (Å²) in [5, 5.41) is 10.6. The van der Waals surface area contributed by atoms with Crippen LogP contribution in [0, 0.1) is 0 Å². The van der Waals surface area contributed by atoms with Crippen molar-refractivity contribution in [3.05, 3.63) is 124 Å². The predicted octanol–water partition coefficient (Wildman–Crippen LogP) is 8.03. The van der Waals surface area contributed by atoms with Gasteiger partial charge in [-0.1, -0.05) is 65.7 Å². The molecular weight excluding hydrogens is 545 g/mol. The van der Waals surface area contributed by atoms with Crippen molar-refractivity contribution in [1.82, 2.24) is 9.55 Å². The number of nitrogen functional groups attached to an aromatic ring is 1. The second-order valence-electron chi connectivity index (χ2n) is 9.40. The highest BCUT2D eigenvalue weighted by molar-refractivity contribution is 6.36. The lowest BCUT2D eigenvalue weighted by Gasteiger charge is -2.31. The zero-order chi connectivity index (χ0) is 28.3. The van der Waals surface area contributed by atoms with Crippen LogP contribution in [-0.2, 0) is 6.54 Å². The van der Waals surface area contributed by atoms with Crippen molar-refractivity contribution in [3.63, 3.8) is 0 Å². The summed E-state index contributed by atoms with van der Waals surface area (Å²) in [6, 6.07) is 20.1. The molecule has 3 aromatic carbocycles. The Morgan fingerprint density at radius 3 is 2.62 bits per heavy atom. The number of aromatic carboxylic acids is 1. The molecule has 0 spiro atoms. The molecule has 1 aromatic heterocycles. The average Bonchev–Trinajstić information content (AvgIpc) is 3.37. The van der Waals surface area contributed by atoms with Gasteiger partial charge in [0, 0.05) is 35.4 Å². The van der Waals surface area contributed by atoms with Gasteiger partial charge in [-0.05, 0) is 72.7 Å². The van der Waals surface area contributed by atoms with Gasteiger partial charge in [-0.15, -0.1) is 0 Å². The molecule has 0 fully saturated rings. The van der Waals surface area contributed by atoms with Crippen molar-refractivity contribution in [2.24, 2.45) is 0 Å². The highest BCUT2D eigenvalue weighted by atomic mass is 35.5. The molecule has 0 radical (unpaired) electrons. The first kappa shape index (κ1) is 27.3. The number of nitrogens with zero attached hydrogens (tertiary/aromatic N) is 2. The predicted molar refractivity (Wildman–Crippen MR) is 162 cm³/mol. The second kappa shape index (κ2) is 11.5. The van der Waals surface area contributed by atoms with E-state index in [9.17, 15) is 9.90 Å². The van der Waals surface area contributed by atoms with Crippen LogP contribution in [0.2, 0.25) is 10.0 Å². The van der Waals surface area contributed by atoms with Gasteiger partial charge in [0.1, 0.15) is 17.2 Å². The molecule has 5 rings (SSSR count). The van der Waals surface area contributed by atoms with Crippen LogP contribution < -0.4 is 10.5 Å². The molecule has 1 aliphatic carbocycles. The minimum Gasteiger partial charge on any atom is -0.479 e. The maximum Gasteiger partial charge on any atom is 0.337 e. The fraction of sp³-hybridized carbons (Fsp3) is 0.125. The number of hydrogen-bond donors (Lipinski definition) is 2. The molecule has 0 bridgehead atoms. The molecule has 8 heteroatoms. The molecule has 202 valence electrons. The van der Waals surface area contributed by atoms with E-state index in [0.717, 1.165) is 28.2 Å². The third kappa shape index (κ3) is 5.83. The first-order chi connectivity index (χ1) is 19.3. The largest absolute Gasteiger partial charge is 0.479 e. The zero-order valence-corrected chi connectivity index (χ0v) is 23.2. The fourth-order valence-corrected chi connectivity index (χ4v) is 5.08. The molecule has 4 aromatic rings. The molecule has 0 amide bonds. The second-order valence-corrected chi connectivity index (χ2v) is 10.2. The lowest BCUT2D eigenvalue weighted by molar-refractivity contribution is 0.0696. The Kier molecular flexibility index (Phi) is 7.83. The number of rotatable bonds is 8. The number of carboxylic acid groups (broad SMARTS) is 1. The number of imidazole rings is 1. The van der Waals surface area contributed by atoms with Gasteiger partial charge in [0.25, 0.3) is 0 Å². The minimum absolute atomic E-state index is 0.0112. The van der Waals surface area contributed by atoms with Gasteiger partial charge in [-0.25, -0.2) is 9.78 Å². The van der Waals surface area contributed by atoms with E-state index in [4.69, 9.17) is 38.7 Å². The first-order valence-electron chi connectivity index (χ1n) is 12.8. The van der Waals surface area contributed by atoms with E-state index >= 15 is 0 Å². The number of allylic oxidation sites excluding steroid dienone is 2. The number of carboxylic acids is 1. The number of hydrogen-bond acceptors (Lipinski definition) is 4. The topological polar surface area (TPSA) is 90.4 Å². The number of aromatic nitrogens is 2. The van der Waals surface area contributed by atoms with Crippen LogP contribution in [0.5, 0.6) is 5.75 Å². The van der Waals surface area contributed by atoms with E-state index in [0.29, 0.717) is 28.8 Å². The van der Waals surface area contributed by atoms with Gasteiger partial charge in [-0.2, -0.15) is 0 Å². The molecule has 0 saturated carbocycles. The van der Waals surface area contributed by atoms with E-state index in [1.54, 1.807) is 24.3 Å². The van der Waals surface area contributed by atoms with Gasteiger partial charge >= 0.3 is 5.97 Å². The number of aryl methyl sites for hydroxylation is 1. The summed E-state index contributed by atoms with van der Waals surface area (Å²) in [6.07, 6.45) is 12.4. The molecular formula is C32H27Cl2N3O3. The average molecular weight is 572 g/mol. The summed E-state index contributed by atoms with van der Waals surface area (Å²) in [5.41, 5.74) is 8.83. The molecule has 0 aliphatic heterocycles. The van der Waals surface area contributed by atoms with Crippen molar-refractivity contribution in [2.45, 2.75) is 25.5 Å². The van der Waals surface area contributed by atoms with E-state index < -0.39 is 11.6 Å². The number of ether oxygens (including phenoxy) is 1. The van der Waals surface area contributed by atoms with E-state index in [1.165, 1.54) is 6.07 Å². The molecule has 1 heterocycles. The van der Waals surface area contributed by atoms with E-state index in [1.807, 2.05) is 66.3 Å². The van der Waals surface area contributed by atoms with Crippen molar-refractivity contribution in [2.75, 3.05) is 5.73 Å². The van der Waals surface area contributed by atoms with Crippen LogP contribution in [0.1, 0.15) is 35.1 Å². The third-order valence-corrected chi connectivity index (χ3v) is 7.27. The van der Waals surface area contributed by atoms with Crippen LogP contribution in [-0.4, -0.2) is 26.2 Å². The van der Waals surface area contributed by atoms with Gasteiger partial charge in [0.2, 0.25) is 0 Å². The normalized spacial score (nSPS) is 16.7. The molecule has 40 heavy (non-hydrogen) atoms. The number of nitrogens with two attached hydrogens (primary N) is 1. The molecule has 1 atom stereocenters. The SMILES string of the molecule is CCn1cc(-c2ccc(Cl)cc2Cl)nc1/C=C/C1(Oc2ccc(N)c(C(=O)O)c2)C=CC(c2ccccc2)=CC1. The number of benzene rings is 3. The van der Waals surface area contributed by atoms with Crippen LogP contribution in [0.15, 0.2) is 97.2 Å². The summed E-state index contributed by atoms with van der Waals surface area (Å²) in [6.45, 7) is 2.73. The van der Waals surface area contributed by atoms with Gasteiger partial charge in [0.15, 0.2) is 0 Å². The Morgan fingerprint density at radius 1 is 1.15 bits per heavy atom. The summed E-state index contributed by atoms with van der Waals surface area (Å²) >= 11 is 12.5. The number of halogens is 2. The Bertz CT molecular complexity index is 1660. The maximum atomic E-state index is 11.7. The van der Waals surface area contributed by atoms with Crippen LogP contribution in [0.4, 0.5) is 5.69 Å². The smallest absolute Gasteiger partial charge is 0.337 e. The number of carbonyl (C=O) groups is 1. The zero-order valence-electron chi connectivity index (χ0n) is 21.7. The summed E-state index contributed by atoms with van der Waals surface area (Å²) in [5.74, 6) is 0.00235. The van der Waals surface area contributed by atoms with Gasteiger partial charge in [-0.3, -0.25) is 0 Å². The standard InChI is InChI=1S/C32H27Cl2N3O3/c1-2-37-20-29(25-10-8-23(33)18-27(25)34)36-30(37)14-17-32(40-24-9-11-28(35)26(19-24)31(38)39)15-12-22(13-16-32)21-6-4-3-5-7-21/h3-15,17-20H,2,16,35H2,1H3,(H,38,39)/b17-14+. The Morgan fingerprint density at radius 2 is 1.95 bits per heavy atom. The molecule has 3 N–H and O–H groups in total. The monoisotopic (exact) mass is 571 g/mol. The quantitative estimate of drug-likeness (QED) is 0.209. The van der Waals surface area contributed by atoms with Crippen molar-refractivity contribution >= 4 is 46.5 Å². The molecule has 0 saturated heterocycles. The minimum atomic E-state index is -1.11. The molecule has 1 aliphatic rings. The Hall–Kier alpha value is -4.26. The van der Waals surface area contributed by atoms with Crippen LogP contribution in [0.3, 0.4) is 0 Å². The fourth-order valence-electron chi connectivity index (χ4n) is 4.58. The molecule has 1 unspecified atom stereocenters. The third-order valence-electron chi connectivity index (χ3n) is 6.73. The maximum absolute atomic E-state index is 11.7. The van der Waals surface area contributed by atoms with Crippen LogP contribution in [0.25, 0.3) is 22.9 Å². The molecule has 6 nitrogen and oxygen atoms in total. The number of anilines is 1. The van der Waals surface area contributed by atoms with Crippen molar-refractivity contribution in [3.8, 4) is 17.0 Å². The van der Waals surface area contributed by atoms with Crippen molar-refractivity contribution in [1.29, 1.82) is 0 Å². The van der Waals surface area contributed by atoms with E-state index in [-0.39, 0.29) is 11.3 Å². The Labute approximate surface area is 242 Å². The first-order valence-corrected chi connectivity index (χ1v) is 13.5. The highest BCUT2D eigenvalue weighted by Gasteiger charge is 2.29. The lowest BCUT2D eigenvalue weighted by Crippen LogP contribution is -2.32. The Balaban J connectivity index is 1.51. The van der Waals surface area contributed by atoms with E-state index in [2.05, 4.69) is 18.2 Å². The van der Waals surface area contributed by atoms with Gasteiger partial charge < -0.3 is 20.1 Å². The van der Waals surface area contributed by atoms with Gasteiger partial charge in [0.05, 0.1) is 16.3 Å². The summed E-state index contributed by atoms with van der Waals surface area (Å²) < 4.78 is 8.50. The van der Waals surface area contributed by atoms with Crippen molar-refractivity contribution < 1.29 is 14.6 Å².